The van der Waals surface area contributed by atoms with Gasteiger partial charge in [-0.05, 0) is 17.7 Å². The Morgan fingerprint density at radius 1 is 1.33 bits per heavy atom. The van der Waals surface area contributed by atoms with Gasteiger partial charge in [-0.15, -0.1) is 0 Å². The standard InChI is InChI=1S/C10H14FNO3/c1-14-8-3-6(7(12)5-11)4-9(15-2)10(8)13/h3-4,7,13H,5,12H2,1-2H3/t7-/m1/s1. The maximum Gasteiger partial charge on any atom is 0.200 e. The second-order valence-corrected chi connectivity index (χ2v) is 3.03. The second-order valence-electron chi connectivity index (χ2n) is 3.03. The molecule has 5 heteroatoms. The minimum Gasteiger partial charge on any atom is -0.502 e. The molecule has 1 rings (SSSR count). The lowest BCUT2D eigenvalue weighted by molar-refractivity contribution is 0.337. The number of ether oxygens (including phenoxy) is 2. The van der Waals surface area contributed by atoms with Crippen LogP contribution in [0.3, 0.4) is 0 Å². The Balaban J connectivity index is 3.20. The van der Waals surface area contributed by atoms with E-state index in [0.29, 0.717) is 5.56 Å². The van der Waals surface area contributed by atoms with Gasteiger partial charge >= 0.3 is 0 Å². The normalized spacial score (nSPS) is 12.3. The van der Waals surface area contributed by atoms with E-state index in [1.54, 1.807) is 0 Å². The van der Waals surface area contributed by atoms with Gasteiger partial charge in [-0.2, -0.15) is 0 Å². The van der Waals surface area contributed by atoms with Crippen LogP contribution in [0.15, 0.2) is 12.1 Å². The third kappa shape index (κ3) is 2.30. The average Bonchev–Trinajstić information content (AvgIpc) is 2.28. The number of benzene rings is 1. The summed E-state index contributed by atoms with van der Waals surface area (Å²) in [5.41, 5.74) is 6.04. The van der Waals surface area contributed by atoms with Crippen LogP contribution in [0.5, 0.6) is 17.2 Å². The smallest absolute Gasteiger partial charge is 0.200 e. The zero-order valence-electron chi connectivity index (χ0n) is 8.66. The Morgan fingerprint density at radius 3 is 2.13 bits per heavy atom. The van der Waals surface area contributed by atoms with Crippen LogP contribution in [0.4, 0.5) is 4.39 Å². The molecule has 0 aliphatic rings. The predicted octanol–water partition coefficient (Wildman–Crippen LogP) is 1.38. The number of aromatic hydroxyl groups is 1. The largest absolute Gasteiger partial charge is 0.502 e. The summed E-state index contributed by atoms with van der Waals surface area (Å²) in [5.74, 6) is 0.316. The molecule has 0 unspecified atom stereocenters. The van der Waals surface area contributed by atoms with E-state index in [0.717, 1.165) is 0 Å². The van der Waals surface area contributed by atoms with Gasteiger partial charge < -0.3 is 20.3 Å². The molecule has 1 aromatic carbocycles. The number of methoxy groups -OCH3 is 2. The molecule has 1 aromatic rings. The molecular weight excluding hydrogens is 201 g/mol. The molecule has 1 atom stereocenters. The van der Waals surface area contributed by atoms with E-state index in [-0.39, 0.29) is 17.2 Å². The quantitative estimate of drug-likeness (QED) is 0.796. The molecule has 0 heterocycles. The molecule has 0 fully saturated rings. The number of hydrogen-bond acceptors (Lipinski definition) is 4. The number of hydrogen-bond donors (Lipinski definition) is 2. The number of halogens is 1. The minimum absolute atomic E-state index is 0.116. The molecule has 0 aliphatic carbocycles. The van der Waals surface area contributed by atoms with Crippen LogP contribution in [0, 0.1) is 0 Å². The van der Waals surface area contributed by atoms with Gasteiger partial charge in [-0.1, -0.05) is 0 Å². The van der Waals surface area contributed by atoms with Crippen LogP contribution in [0.1, 0.15) is 11.6 Å². The molecule has 0 saturated heterocycles. The second kappa shape index (κ2) is 4.84. The first-order chi connectivity index (χ1) is 7.13. The van der Waals surface area contributed by atoms with E-state index in [2.05, 4.69) is 0 Å². The van der Waals surface area contributed by atoms with Gasteiger partial charge in [-0.25, -0.2) is 4.39 Å². The van der Waals surface area contributed by atoms with Gasteiger partial charge in [0.15, 0.2) is 11.5 Å². The Labute approximate surface area is 87.4 Å². The van der Waals surface area contributed by atoms with E-state index in [1.807, 2.05) is 0 Å². The van der Waals surface area contributed by atoms with E-state index in [1.165, 1.54) is 26.4 Å². The summed E-state index contributed by atoms with van der Waals surface area (Å²) in [5, 5.41) is 9.58. The highest BCUT2D eigenvalue weighted by Crippen LogP contribution is 2.38. The van der Waals surface area contributed by atoms with Crippen LogP contribution in [-0.2, 0) is 0 Å². The van der Waals surface area contributed by atoms with Gasteiger partial charge in [0.1, 0.15) is 6.67 Å². The summed E-state index contributed by atoms with van der Waals surface area (Å²) in [4.78, 5) is 0. The number of alkyl halides is 1. The van der Waals surface area contributed by atoms with Crippen molar-refractivity contribution in [3.05, 3.63) is 17.7 Å². The van der Waals surface area contributed by atoms with Crippen LogP contribution >= 0.6 is 0 Å². The maximum atomic E-state index is 12.4. The molecule has 15 heavy (non-hydrogen) atoms. The summed E-state index contributed by atoms with van der Waals surface area (Å²) in [6, 6.07) is 2.23. The van der Waals surface area contributed by atoms with E-state index in [4.69, 9.17) is 15.2 Å². The van der Waals surface area contributed by atoms with Crippen molar-refractivity contribution in [2.45, 2.75) is 6.04 Å². The third-order valence-electron chi connectivity index (χ3n) is 2.10. The van der Waals surface area contributed by atoms with Crippen molar-refractivity contribution in [3.8, 4) is 17.2 Å². The van der Waals surface area contributed by atoms with E-state index in [9.17, 15) is 9.50 Å². The SMILES string of the molecule is COc1cc([C@H](N)CF)cc(OC)c1O. The van der Waals surface area contributed by atoms with Gasteiger partial charge in [-0.3, -0.25) is 0 Å². The molecule has 84 valence electrons. The molecule has 0 aliphatic heterocycles. The van der Waals surface area contributed by atoms with Crippen molar-refractivity contribution >= 4 is 0 Å². The number of phenols is 1. The van der Waals surface area contributed by atoms with Crippen molar-refractivity contribution in [1.82, 2.24) is 0 Å². The Hall–Kier alpha value is -1.49. The Bertz CT molecular complexity index is 318. The average molecular weight is 215 g/mol. The van der Waals surface area contributed by atoms with Crippen molar-refractivity contribution in [1.29, 1.82) is 0 Å². The van der Waals surface area contributed by atoms with E-state index < -0.39 is 12.7 Å². The molecule has 0 radical (unpaired) electrons. The topological polar surface area (TPSA) is 64.7 Å². The van der Waals surface area contributed by atoms with Crippen molar-refractivity contribution < 1.29 is 19.0 Å². The summed E-state index contributed by atoms with van der Waals surface area (Å²) in [7, 11) is 2.80. The fourth-order valence-corrected chi connectivity index (χ4v) is 1.22. The summed E-state index contributed by atoms with van der Waals surface area (Å²) in [6.07, 6.45) is 0. The lowest BCUT2D eigenvalue weighted by atomic mass is 10.1. The number of nitrogens with two attached hydrogens (primary N) is 1. The molecule has 0 spiro atoms. The minimum atomic E-state index is -0.742. The Morgan fingerprint density at radius 2 is 1.80 bits per heavy atom. The van der Waals surface area contributed by atoms with Crippen LogP contribution in [0.25, 0.3) is 0 Å². The maximum absolute atomic E-state index is 12.4. The highest BCUT2D eigenvalue weighted by molar-refractivity contribution is 5.53. The molecule has 0 aromatic heterocycles. The summed E-state index contributed by atoms with van der Waals surface area (Å²) < 4.78 is 22.2. The lowest BCUT2D eigenvalue weighted by Gasteiger charge is -2.13. The molecule has 0 bridgehead atoms. The lowest BCUT2D eigenvalue weighted by Crippen LogP contribution is -2.12. The van der Waals surface area contributed by atoms with Gasteiger partial charge in [0, 0.05) is 0 Å². The first kappa shape index (κ1) is 11.6. The fourth-order valence-electron chi connectivity index (χ4n) is 1.22. The number of rotatable bonds is 4. The van der Waals surface area contributed by atoms with Gasteiger partial charge in [0.25, 0.3) is 0 Å². The van der Waals surface area contributed by atoms with Gasteiger partial charge in [0.2, 0.25) is 5.75 Å². The fraction of sp³-hybridized carbons (Fsp3) is 0.400. The molecule has 0 amide bonds. The van der Waals surface area contributed by atoms with Crippen molar-refractivity contribution in [3.63, 3.8) is 0 Å². The molecule has 0 saturated carbocycles. The summed E-state index contributed by atoms with van der Waals surface area (Å²) in [6.45, 7) is -0.683. The van der Waals surface area contributed by atoms with Crippen LogP contribution in [-0.4, -0.2) is 26.0 Å². The highest BCUT2D eigenvalue weighted by atomic mass is 19.1. The molecular formula is C10H14FNO3. The van der Waals surface area contributed by atoms with Gasteiger partial charge in [0.05, 0.1) is 20.3 Å². The third-order valence-corrected chi connectivity index (χ3v) is 2.10. The first-order valence-electron chi connectivity index (χ1n) is 4.40. The first-order valence-corrected chi connectivity index (χ1v) is 4.40. The molecule has 3 N–H and O–H groups in total. The monoisotopic (exact) mass is 215 g/mol. The summed E-state index contributed by atoms with van der Waals surface area (Å²) >= 11 is 0. The predicted molar refractivity (Wildman–Crippen MR) is 54.1 cm³/mol. The van der Waals surface area contributed by atoms with E-state index >= 15 is 0 Å². The zero-order valence-corrected chi connectivity index (χ0v) is 8.66. The zero-order chi connectivity index (χ0) is 11.4. The highest BCUT2D eigenvalue weighted by Gasteiger charge is 2.14. The van der Waals surface area contributed by atoms with Crippen LogP contribution < -0.4 is 15.2 Å². The molecule has 4 nitrogen and oxygen atoms in total. The Kier molecular flexibility index (Phi) is 3.74. The number of phenolic OH excluding ortho intramolecular Hbond substituents is 1. The van der Waals surface area contributed by atoms with Crippen molar-refractivity contribution in [2.24, 2.45) is 5.73 Å². The van der Waals surface area contributed by atoms with Crippen molar-refractivity contribution in [2.75, 3.05) is 20.9 Å². The van der Waals surface area contributed by atoms with Crippen LogP contribution in [0.2, 0.25) is 0 Å².